The van der Waals surface area contributed by atoms with E-state index < -0.39 is 28.7 Å². The number of aromatic nitrogens is 2. The van der Waals surface area contributed by atoms with Crippen LogP contribution in [0.3, 0.4) is 0 Å². The van der Waals surface area contributed by atoms with E-state index in [9.17, 15) is 8.42 Å². The Hall–Kier alpha value is -2.27. The van der Waals surface area contributed by atoms with Crippen LogP contribution in [0.4, 0.5) is 0 Å². The highest BCUT2D eigenvalue weighted by atomic mass is 32.2. The van der Waals surface area contributed by atoms with Gasteiger partial charge in [-0.05, 0) is 55.1 Å². The van der Waals surface area contributed by atoms with E-state index in [1.165, 1.54) is 18.6 Å². The number of hydrogen-bond donors (Lipinski definition) is 1. The van der Waals surface area contributed by atoms with Gasteiger partial charge >= 0.3 is 7.12 Å². The zero-order valence-electron chi connectivity index (χ0n) is 20.2. The fourth-order valence-corrected chi connectivity index (χ4v) is 7.84. The number of sulfonamides is 1. The Bertz CT molecular complexity index is 1350. The maximum atomic E-state index is 13.2. The van der Waals surface area contributed by atoms with E-state index in [0.717, 1.165) is 29.4 Å². The van der Waals surface area contributed by atoms with Gasteiger partial charge < -0.3 is 13.7 Å². The van der Waals surface area contributed by atoms with Crippen LogP contribution in [-0.2, 0) is 31.5 Å². The summed E-state index contributed by atoms with van der Waals surface area (Å²) in [6.45, 7) is 6.75. The standard InChI is InChI=1S/C25H30BN3O5S/c1-24(2)17-11-21(24)25(3)22(12-17)33-26(34-25)23(10-16-14-32-20-7-5-4-6-19(16)20)29-35(30,31)15-18-13-27-8-9-28-18/h4-9,13-14,17,21-23,29H,10-12,15H2,1-3H3/t17-,21-,22+,23-,25-/m0/s1. The molecule has 7 rings (SSSR count). The summed E-state index contributed by atoms with van der Waals surface area (Å²) in [5, 5.41) is 0.954. The molecule has 4 aliphatic rings. The van der Waals surface area contributed by atoms with Gasteiger partial charge in [-0.25, -0.2) is 13.1 Å². The minimum absolute atomic E-state index is 0.0441. The molecule has 0 spiro atoms. The zero-order chi connectivity index (χ0) is 24.4. The quantitative estimate of drug-likeness (QED) is 0.501. The van der Waals surface area contributed by atoms with Crippen molar-refractivity contribution >= 4 is 28.1 Å². The molecular formula is C25H30BN3O5S. The first-order chi connectivity index (χ1) is 16.7. The van der Waals surface area contributed by atoms with Crippen LogP contribution in [0.25, 0.3) is 11.0 Å². The average molecular weight is 495 g/mol. The van der Waals surface area contributed by atoms with E-state index in [0.29, 0.717) is 24.0 Å². The normalized spacial score (nSPS) is 30.1. The van der Waals surface area contributed by atoms with Gasteiger partial charge in [-0.3, -0.25) is 9.97 Å². The summed E-state index contributed by atoms with van der Waals surface area (Å²) in [4.78, 5) is 8.12. The van der Waals surface area contributed by atoms with E-state index in [2.05, 4.69) is 35.5 Å². The molecule has 3 aromatic rings. The second-order valence-electron chi connectivity index (χ2n) is 11.0. The van der Waals surface area contributed by atoms with Gasteiger partial charge in [0.1, 0.15) is 11.3 Å². The summed E-state index contributed by atoms with van der Waals surface area (Å²) in [6, 6.07) is 7.74. The van der Waals surface area contributed by atoms with Crippen LogP contribution >= 0.6 is 0 Å². The van der Waals surface area contributed by atoms with Crippen LogP contribution < -0.4 is 4.72 Å². The summed E-state index contributed by atoms with van der Waals surface area (Å²) >= 11 is 0. The van der Waals surface area contributed by atoms with Crippen molar-refractivity contribution in [2.24, 2.45) is 17.3 Å². The Morgan fingerprint density at radius 2 is 2.03 bits per heavy atom. The lowest BCUT2D eigenvalue weighted by Crippen LogP contribution is -2.65. The van der Waals surface area contributed by atoms with Crippen LogP contribution in [0.15, 0.2) is 53.5 Å². The van der Waals surface area contributed by atoms with Crippen LogP contribution in [0.2, 0.25) is 0 Å². The number of rotatable bonds is 7. The van der Waals surface area contributed by atoms with E-state index in [-0.39, 0.29) is 17.3 Å². The number of para-hydroxylation sites is 1. The molecule has 0 radical (unpaired) electrons. The molecule has 1 N–H and O–H groups in total. The van der Waals surface area contributed by atoms with Crippen molar-refractivity contribution in [3.63, 3.8) is 0 Å². The molecule has 0 unspecified atom stereocenters. The topological polar surface area (TPSA) is 104 Å². The smallest absolute Gasteiger partial charge is 0.464 e. The third-order valence-electron chi connectivity index (χ3n) is 8.58. The lowest BCUT2D eigenvalue weighted by atomic mass is 9.43. The molecule has 4 fully saturated rings. The molecule has 2 aromatic heterocycles. The second-order valence-corrected chi connectivity index (χ2v) is 12.7. The van der Waals surface area contributed by atoms with E-state index in [1.54, 1.807) is 6.26 Å². The molecule has 3 aliphatic carbocycles. The number of nitrogens with zero attached hydrogens (tertiary/aromatic N) is 2. The first-order valence-corrected chi connectivity index (χ1v) is 13.8. The predicted molar refractivity (Wildman–Crippen MR) is 132 cm³/mol. The highest BCUT2D eigenvalue weighted by Gasteiger charge is 2.68. The minimum atomic E-state index is -3.75. The molecule has 1 saturated heterocycles. The SMILES string of the molecule is CC1(C)[C@@H]2C[C@H]3OB([C@H](Cc4coc5ccccc45)NS(=O)(=O)Cc4cnccn4)O[C@@]3(C)[C@H]1C2. The lowest BCUT2D eigenvalue weighted by molar-refractivity contribution is -0.199. The fraction of sp³-hybridized carbons (Fsp3) is 0.520. The molecule has 5 atom stereocenters. The summed E-state index contributed by atoms with van der Waals surface area (Å²) < 4.78 is 48.2. The molecule has 3 saturated carbocycles. The molecule has 1 aliphatic heterocycles. The van der Waals surface area contributed by atoms with Crippen LogP contribution in [0.5, 0.6) is 0 Å². The number of fused-ring (bicyclic) bond motifs is 1. The molecule has 35 heavy (non-hydrogen) atoms. The zero-order valence-corrected chi connectivity index (χ0v) is 21.0. The van der Waals surface area contributed by atoms with Gasteiger partial charge in [0.25, 0.3) is 0 Å². The number of hydrogen-bond acceptors (Lipinski definition) is 7. The molecule has 0 amide bonds. The molecule has 184 valence electrons. The van der Waals surface area contributed by atoms with Crippen molar-refractivity contribution in [1.82, 2.24) is 14.7 Å². The van der Waals surface area contributed by atoms with Gasteiger partial charge in [-0.15, -0.1) is 0 Å². The monoisotopic (exact) mass is 495 g/mol. The van der Waals surface area contributed by atoms with Crippen molar-refractivity contribution in [3.05, 3.63) is 60.4 Å². The van der Waals surface area contributed by atoms with Gasteiger partial charge in [0.05, 0.1) is 29.6 Å². The molecule has 3 heterocycles. The van der Waals surface area contributed by atoms with Crippen molar-refractivity contribution in [3.8, 4) is 0 Å². The Kier molecular flexibility index (Phi) is 5.38. The third-order valence-corrected chi connectivity index (χ3v) is 9.92. The largest absolute Gasteiger partial charge is 0.477 e. The Labute approximate surface area is 206 Å². The third kappa shape index (κ3) is 3.91. The van der Waals surface area contributed by atoms with Crippen molar-refractivity contribution in [2.75, 3.05) is 0 Å². The molecule has 2 bridgehead atoms. The average Bonchev–Trinajstić information content (AvgIpc) is 3.39. The predicted octanol–water partition coefficient (Wildman–Crippen LogP) is 3.52. The van der Waals surface area contributed by atoms with Gasteiger partial charge in [0.2, 0.25) is 10.0 Å². The first-order valence-electron chi connectivity index (χ1n) is 12.2. The Morgan fingerprint density at radius 1 is 1.20 bits per heavy atom. The Morgan fingerprint density at radius 3 is 2.80 bits per heavy atom. The minimum Gasteiger partial charge on any atom is -0.464 e. The summed E-state index contributed by atoms with van der Waals surface area (Å²) in [5.41, 5.74) is 1.81. The maximum absolute atomic E-state index is 13.2. The summed E-state index contributed by atoms with van der Waals surface area (Å²) in [7, 11) is -4.45. The molecule has 10 heteroatoms. The van der Waals surface area contributed by atoms with Gasteiger partial charge in [0.15, 0.2) is 0 Å². The Balaban J connectivity index is 1.30. The van der Waals surface area contributed by atoms with Crippen molar-refractivity contribution < 1.29 is 22.1 Å². The van der Waals surface area contributed by atoms with E-state index in [1.807, 2.05) is 24.3 Å². The summed E-state index contributed by atoms with van der Waals surface area (Å²) in [5.74, 6) is 0.0996. The van der Waals surface area contributed by atoms with Gasteiger partial charge in [-0.2, -0.15) is 0 Å². The van der Waals surface area contributed by atoms with Crippen LogP contribution in [-0.4, -0.2) is 43.2 Å². The highest BCUT2D eigenvalue weighted by molar-refractivity contribution is 7.88. The maximum Gasteiger partial charge on any atom is 0.477 e. The molecular weight excluding hydrogens is 465 g/mol. The van der Waals surface area contributed by atoms with Crippen molar-refractivity contribution in [1.29, 1.82) is 0 Å². The van der Waals surface area contributed by atoms with Crippen LogP contribution in [0.1, 0.15) is 44.9 Å². The fourth-order valence-electron chi connectivity index (χ4n) is 6.56. The lowest BCUT2D eigenvalue weighted by Gasteiger charge is -2.64. The number of benzene rings is 1. The molecule has 1 aromatic carbocycles. The van der Waals surface area contributed by atoms with Gasteiger partial charge in [-0.1, -0.05) is 32.0 Å². The number of furan rings is 1. The van der Waals surface area contributed by atoms with Crippen LogP contribution in [0, 0.1) is 17.3 Å². The summed E-state index contributed by atoms with van der Waals surface area (Å²) in [6.07, 6.45) is 8.56. The number of nitrogens with one attached hydrogen (secondary N) is 1. The second kappa shape index (κ2) is 8.13. The highest BCUT2D eigenvalue weighted by Crippen LogP contribution is 2.65. The molecule has 8 nitrogen and oxygen atoms in total. The van der Waals surface area contributed by atoms with E-state index >= 15 is 0 Å². The first kappa shape index (κ1) is 23.2. The van der Waals surface area contributed by atoms with Gasteiger partial charge in [0, 0.05) is 24.0 Å². The van der Waals surface area contributed by atoms with E-state index in [4.69, 9.17) is 13.7 Å². The van der Waals surface area contributed by atoms with Crippen molar-refractivity contribution in [2.45, 2.75) is 63.4 Å².